The van der Waals surface area contributed by atoms with E-state index in [0.29, 0.717) is 11.3 Å². The topological polar surface area (TPSA) is 27.1 Å². The van der Waals surface area contributed by atoms with Crippen LogP contribution in [-0.4, -0.2) is 16.2 Å². The van der Waals surface area contributed by atoms with E-state index in [4.69, 9.17) is 0 Å². The van der Waals surface area contributed by atoms with Crippen LogP contribution in [0.4, 0.5) is 13.2 Å². The minimum Gasteiger partial charge on any atom is -0.435 e. The summed E-state index contributed by atoms with van der Waals surface area (Å²) in [6, 6.07) is 3.78. The van der Waals surface area contributed by atoms with E-state index in [1.54, 1.807) is 10.9 Å². The number of ether oxygens (including phenoxy) is 1. The number of aromatic nitrogens is 2. The van der Waals surface area contributed by atoms with Crippen molar-refractivity contribution in [1.29, 1.82) is 0 Å². The molecule has 1 aromatic carbocycles. The van der Waals surface area contributed by atoms with Gasteiger partial charge in [0.15, 0.2) is 0 Å². The second kappa shape index (κ2) is 5.34. The van der Waals surface area contributed by atoms with E-state index >= 15 is 0 Å². The Morgan fingerprint density at radius 3 is 2.58 bits per heavy atom. The Kier molecular flexibility index (Phi) is 3.78. The molecule has 0 atom stereocenters. The molecule has 3 nitrogen and oxygen atoms in total. The summed E-state index contributed by atoms with van der Waals surface area (Å²) in [5.41, 5.74) is 0.893. The monoisotopic (exact) mass is 270 g/mol. The predicted molar refractivity (Wildman–Crippen MR) is 64.6 cm³/mol. The highest BCUT2D eigenvalue weighted by molar-refractivity contribution is 5.61. The third-order valence-corrected chi connectivity index (χ3v) is 2.66. The lowest BCUT2D eigenvalue weighted by atomic mass is 10.1. The van der Waals surface area contributed by atoms with Crippen LogP contribution in [0.5, 0.6) is 5.75 Å². The molecule has 0 aliphatic rings. The first-order valence-electron chi connectivity index (χ1n) is 5.75. The molecular formula is C13H13F3N2O. The van der Waals surface area contributed by atoms with Gasteiger partial charge in [0.1, 0.15) is 11.6 Å². The van der Waals surface area contributed by atoms with Crippen LogP contribution in [0, 0.1) is 5.82 Å². The van der Waals surface area contributed by atoms with Crippen LogP contribution in [-0.2, 0) is 0 Å². The van der Waals surface area contributed by atoms with Crippen molar-refractivity contribution < 1.29 is 17.9 Å². The van der Waals surface area contributed by atoms with Gasteiger partial charge < -0.3 is 9.30 Å². The second-order valence-corrected chi connectivity index (χ2v) is 4.30. The van der Waals surface area contributed by atoms with Gasteiger partial charge in [-0.1, -0.05) is 0 Å². The average Bonchev–Trinajstić information content (AvgIpc) is 2.77. The molecule has 0 spiro atoms. The number of rotatable bonds is 4. The van der Waals surface area contributed by atoms with Crippen molar-refractivity contribution in [2.45, 2.75) is 26.5 Å². The average molecular weight is 270 g/mol. The fourth-order valence-electron chi connectivity index (χ4n) is 1.80. The van der Waals surface area contributed by atoms with Gasteiger partial charge in [0.25, 0.3) is 0 Å². The lowest BCUT2D eigenvalue weighted by Gasteiger charge is -2.13. The van der Waals surface area contributed by atoms with Gasteiger partial charge in [0.2, 0.25) is 0 Å². The Bertz CT molecular complexity index is 567. The first kappa shape index (κ1) is 13.5. The zero-order valence-electron chi connectivity index (χ0n) is 10.5. The Balaban J connectivity index is 2.38. The van der Waals surface area contributed by atoms with E-state index < -0.39 is 12.4 Å². The van der Waals surface area contributed by atoms with Crippen molar-refractivity contribution in [3.05, 3.63) is 36.5 Å². The summed E-state index contributed by atoms with van der Waals surface area (Å²) in [5.74, 6) is -0.826. The molecule has 0 fully saturated rings. The van der Waals surface area contributed by atoms with Crippen molar-refractivity contribution >= 4 is 0 Å². The van der Waals surface area contributed by atoms with Crippen LogP contribution >= 0.6 is 0 Å². The molecule has 0 amide bonds. The second-order valence-electron chi connectivity index (χ2n) is 4.30. The third-order valence-electron chi connectivity index (χ3n) is 2.66. The molecule has 0 aliphatic heterocycles. The minimum absolute atomic E-state index is 0.119. The molecule has 0 unspecified atom stereocenters. The predicted octanol–water partition coefficient (Wildman–Crippen LogP) is 3.87. The van der Waals surface area contributed by atoms with Crippen molar-refractivity contribution in [3.63, 3.8) is 0 Å². The fourth-order valence-corrected chi connectivity index (χ4v) is 1.80. The van der Waals surface area contributed by atoms with Crippen LogP contribution in [0.25, 0.3) is 11.3 Å². The van der Waals surface area contributed by atoms with Crippen LogP contribution in [0.15, 0.2) is 30.7 Å². The van der Waals surface area contributed by atoms with Gasteiger partial charge in [-0.15, -0.1) is 0 Å². The Hall–Kier alpha value is -1.98. The third kappa shape index (κ3) is 2.89. The van der Waals surface area contributed by atoms with Gasteiger partial charge in [-0.05, 0) is 26.0 Å². The maximum absolute atomic E-state index is 13.9. The number of halogens is 3. The number of benzene rings is 1. The van der Waals surface area contributed by atoms with E-state index in [1.165, 1.54) is 18.3 Å². The summed E-state index contributed by atoms with van der Waals surface area (Å²) < 4.78 is 44.0. The van der Waals surface area contributed by atoms with Gasteiger partial charge in [0, 0.05) is 17.7 Å². The van der Waals surface area contributed by atoms with E-state index in [0.717, 1.165) is 6.07 Å². The van der Waals surface area contributed by atoms with Crippen molar-refractivity contribution in [3.8, 4) is 17.0 Å². The van der Waals surface area contributed by atoms with E-state index in [-0.39, 0.29) is 11.8 Å². The lowest BCUT2D eigenvalue weighted by Crippen LogP contribution is -2.04. The zero-order chi connectivity index (χ0) is 14.0. The summed E-state index contributed by atoms with van der Waals surface area (Å²) >= 11 is 0. The normalized spacial score (nSPS) is 11.3. The number of imidazole rings is 1. The van der Waals surface area contributed by atoms with Crippen LogP contribution < -0.4 is 4.74 Å². The molecule has 2 rings (SSSR count). The number of hydrogen-bond donors (Lipinski definition) is 0. The molecule has 1 heterocycles. The highest BCUT2D eigenvalue weighted by atomic mass is 19.3. The molecule has 0 radical (unpaired) electrons. The smallest absolute Gasteiger partial charge is 0.387 e. The largest absolute Gasteiger partial charge is 0.435 e. The van der Waals surface area contributed by atoms with E-state index in [2.05, 4.69) is 9.72 Å². The molecule has 0 N–H and O–H groups in total. The van der Waals surface area contributed by atoms with Crippen LogP contribution in [0.2, 0.25) is 0 Å². The summed E-state index contributed by atoms with van der Waals surface area (Å²) in [5, 5.41) is 0. The first-order chi connectivity index (χ1) is 8.99. The molecule has 1 aromatic heterocycles. The van der Waals surface area contributed by atoms with Gasteiger partial charge in [-0.25, -0.2) is 9.37 Å². The quantitative estimate of drug-likeness (QED) is 0.843. The van der Waals surface area contributed by atoms with Crippen molar-refractivity contribution in [2.75, 3.05) is 0 Å². The summed E-state index contributed by atoms with van der Waals surface area (Å²) in [7, 11) is 0. The molecule has 2 aromatic rings. The molecule has 19 heavy (non-hydrogen) atoms. The van der Waals surface area contributed by atoms with Gasteiger partial charge in [-0.3, -0.25) is 0 Å². The van der Waals surface area contributed by atoms with Gasteiger partial charge in [0.05, 0.1) is 18.2 Å². The fraction of sp³-hybridized carbons (Fsp3) is 0.308. The highest BCUT2D eigenvalue weighted by Gasteiger charge is 2.14. The SMILES string of the molecule is CC(C)n1cncc1-c1ccc(OC(F)F)cc1F. The molecule has 6 heteroatoms. The molecule has 0 aliphatic carbocycles. The molecule has 0 bridgehead atoms. The Morgan fingerprint density at radius 1 is 1.26 bits per heavy atom. The van der Waals surface area contributed by atoms with Gasteiger partial charge >= 0.3 is 6.61 Å². The number of nitrogens with zero attached hydrogens (tertiary/aromatic N) is 2. The van der Waals surface area contributed by atoms with Gasteiger partial charge in [-0.2, -0.15) is 8.78 Å². The van der Waals surface area contributed by atoms with Crippen LogP contribution in [0.3, 0.4) is 0 Å². The summed E-state index contributed by atoms with van der Waals surface area (Å²) in [4.78, 5) is 3.98. The maximum atomic E-state index is 13.9. The maximum Gasteiger partial charge on any atom is 0.387 e. The highest BCUT2D eigenvalue weighted by Crippen LogP contribution is 2.28. The lowest BCUT2D eigenvalue weighted by molar-refractivity contribution is -0.0499. The zero-order valence-corrected chi connectivity index (χ0v) is 10.5. The van der Waals surface area contributed by atoms with Crippen molar-refractivity contribution in [1.82, 2.24) is 9.55 Å². The molecular weight excluding hydrogens is 257 g/mol. The molecule has 0 saturated heterocycles. The molecule has 102 valence electrons. The number of hydrogen-bond acceptors (Lipinski definition) is 2. The summed E-state index contributed by atoms with van der Waals surface area (Å²) in [6.45, 7) is 0.917. The molecule has 0 saturated carbocycles. The Labute approximate surface area is 108 Å². The summed E-state index contributed by atoms with van der Waals surface area (Å²) in [6.07, 6.45) is 3.13. The van der Waals surface area contributed by atoms with Crippen molar-refractivity contribution in [2.24, 2.45) is 0 Å². The van der Waals surface area contributed by atoms with E-state index in [1.807, 2.05) is 13.8 Å². The van der Waals surface area contributed by atoms with Crippen LogP contribution in [0.1, 0.15) is 19.9 Å². The minimum atomic E-state index is -2.97. The van der Waals surface area contributed by atoms with E-state index in [9.17, 15) is 13.2 Å². The Morgan fingerprint density at radius 2 is 2.00 bits per heavy atom. The standard InChI is InChI=1S/C13H13F3N2O/c1-8(2)18-7-17-6-12(18)10-4-3-9(5-11(10)14)19-13(15)16/h3-8,13H,1-2H3. The first-order valence-corrected chi connectivity index (χ1v) is 5.75. The number of alkyl halides is 2.